The Morgan fingerprint density at radius 1 is 1.17 bits per heavy atom. The molecule has 0 fully saturated rings. The molecule has 1 heterocycles. The number of aryl methyl sites for hydroxylation is 2. The zero-order valence-corrected chi connectivity index (χ0v) is 12.8. The number of aromatic nitrogens is 2. The molecule has 1 aromatic rings. The van der Waals surface area contributed by atoms with Crippen molar-refractivity contribution in [3.05, 3.63) is 15.9 Å². The van der Waals surface area contributed by atoms with Crippen LogP contribution in [-0.4, -0.2) is 43.3 Å². The maximum Gasteiger partial charge on any atom is 0.0897 e. The summed E-state index contributed by atoms with van der Waals surface area (Å²) in [6.07, 6.45) is 0. The van der Waals surface area contributed by atoms with Crippen molar-refractivity contribution in [2.75, 3.05) is 33.5 Å². The third kappa shape index (κ3) is 4.68. The van der Waals surface area contributed by atoms with Gasteiger partial charge in [-0.1, -0.05) is 0 Å². The molecule has 0 aliphatic carbocycles. The summed E-state index contributed by atoms with van der Waals surface area (Å²) in [7, 11) is 1.66. The molecule has 0 atom stereocenters. The van der Waals surface area contributed by atoms with Crippen molar-refractivity contribution >= 4 is 15.9 Å². The van der Waals surface area contributed by atoms with Crippen LogP contribution in [0.5, 0.6) is 0 Å². The van der Waals surface area contributed by atoms with Crippen molar-refractivity contribution in [1.82, 2.24) is 9.78 Å². The summed E-state index contributed by atoms with van der Waals surface area (Å²) in [5.74, 6) is 0. The van der Waals surface area contributed by atoms with Crippen molar-refractivity contribution in [1.29, 1.82) is 0 Å². The van der Waals surface area contributed by atoms with Crippen LogP contribution in [0.25, 0.3) is 0 Å². The lowest BCUT2D eigenvalue weighted by molar-refractivity contribution is 0.0183. The van der Waals surface area contributed by atoms with Crippen LogP contribution < -0.4 is 0 Å². The lowest BCUT2D eigenvalue weighted by atomic mass is 10.4. The van der Waals surface area contributed by atoms with Crippen molar-refractivity contribution in [3.8, 4) is 0 Å². The van der Waals surface area contributed by atoms with Gasteiger partial charge in [0, 0.05) is 13.7 Å². The number of ether oxygens (including phenoxy) is 3. The van der Waals surface area contributed by atoms with E-state index in [4.69, 9.17) is 14.2 Å². The van der Waals surface area contributed by atoms with Gasteiger partial charge in [-0.3, -0.25) is 4.68 Å². The van der Waals surface area contributed by atoms with Gasteiger partial charge in [-0.25, -0.2) is 0 Å². The lowest BCUT2D eigenvalue weighted by Gasteiger charge is -2.07. The first-order chi connectivity index (χ1) is 8.70. The summed E-state index contributed by atoms with van der Waals surface area (Å²) in [6.45, 7) is 7.81. The summed E-state index contributed by atoms with van der Waals surface area (Å²) < 4.78 is 18.8. The maximum atomic E-state index is 5.58. The van der Waals surface area contributed by atoms with Crippen molar-refractivity contribution in [2.45, 2.75) is 27.0 Å². The molecule has 1 rings (SSSR count). The topological polar surface area (TPSA) is 45.5 Å². The molecular weight excluding hydrogens is 300 g/mol. The van der Waals surface area contributed by atoms with Crippen LogP contribution in [0.2, 0.25) is 0 Å². The first kappa shape index (κ1) is 15.6. The van der Waals surface area contributed by atoms with Crippen molar-refractivity contribution in [3.63, 3.8) is 0 Å². The van der Waals surface area contributed by atoms with Gasteiger partial charge in [0.25, 0.3) is 0 Å². The fourth-order valence-electron chi connectivity index (χ4n) is 1.54. The molecule has 0 spiro atoms. The van der Waals surface area contributed by atoms with E-state index in [1.165, 1.54) is 0 Å². The zero-order valence-electron chi connectivity index (χ0n) is 11.2. The van der Waals surface area contributed by atoms with Gasteiger partial charge >= 0.3 is 0 Å². The van der Waals surface area contributed by atoms with E-state index < -0.39 is 0 Å². The average molecular weight is 321 g/mol. The predicted octanol–water partition coefficient (Wildman–Crippen LogP) is 2.15. The van der Waals surface area contributed by atoms with E-state index in [9.17, 15) is 0 Å². The largest absolute Gasteiger partial charge is 0.382 e. The van der Waals surface area contributed by atoms with E-state index in [-0.39, 0.29) is 0 Å². The van der Waals surface area contributed by atoms with E-state index in [2.05, 4.69) is 28.0 Å². The molecule has 0 radical (unpaired) electrons. The normalized spacial score (nSPS) is 11.1. The highest BCUT2D eigenvalue weighted by Crippen LogP contribution is 2.21. The Hall–Kier alpha value is -0.430. The number of methoxy groups -OCH3 is 1. The summed E-state index contributed by atoms with van der Waals surface area (Å²) in [6, 6.07) is 0. The van der Waals surface area contributed by atoms with Gasteiger partial charge in [0.15, 0.2) is 0 Å². The fourth-order valence-corrected chi connectivity index (χ4v) is 1.94. The highest BCUT2D eigenvalue weighted by molar-refractivity contribution is 9.10. The summed E-state index contributed by atoms with van der Waals surface area (Å²) in [5, 5.41) is 4.41. The van der Waals surface area contributed by atoms with Crippen molar-refractivity contribution in [2.24, 2.45) is 0 Å². The molecule has 18 heavy (non-hydrogen) atoms. The molecule has 0 aromatic carbocycles. The summed E-state index contributed by atoms with van der Waals surface area (Å²) in [5.41, 5.74) is 2.07. The molecule has 0 bridgehead atoms. The fraction of sp³-hybridized carbons (Fsp3) is 0.750. The second kappa shape index (κ2) is 8.63. The Bertz CT molecular complexity index is 355. The molecule has 0 saturated carbocycles. The second-order valence-corrected chi connectivity index (χ2v) is 4.61. The average Bonchev–Trinajstić information content (AvgIpc) is 2.65. The van der Waals surface area contributed by atoms with Gasteiger partial charge in [-0.2, -0.15) is 5.10 Å². The third-order valence-corrected chi connectivity index (χ3v) is 3.53. The van der Waals surface area contributed by atoms with Crippen LogP contribution in [0, 0.1) is 6.92 Å². The minimum atomic E-state index is 0.545. The molecule has 0 aliphatic heterocycles. The number of hydrogen-bond donors (Lipinski definition) is 0. The van der Waals surface area contributed by atoms with E-state index in [1.54, 1.807) is 7.11 Å². The maximum absolute atomic E-state index is 5.58. The number of halogens is 1. The number of rotatable bonds is 9. The Kier molecular flexibility index (Phi) is 7.50. The first-order valence-electron chi connectivity index (χ1n) is 6.06. The molecule has 0 aliphatic rings. The molecule has 0 amide bonds. The minimum Gasteiger partial charge on any atom is -0.382 e. The quantitative estimate of drug-likeness (QED) is 0.654. The Balaban J connectivity index is 2.26. The van der Waals surface area contributed by atoms with Crippen LogP contribution in [0.4, 0.5) is 0 Å². The van der Waals surface area contributed by atoms with Crippen LogP contribution >= 0.6 is 15.9 Å². The highest BCUT2D eigenvalue weighted by atomic mass is 79.9. The Labute approximate surface area is 117 Å². The van der Waals surface area contributed by atoms with E-state index >= 15 is 0 Å². The van der Waals surface area contributed by atoms with Gasteiger partial charge < -0.3 is 14.2 Å². The van der Waals surface area contributed by atoms with Crippen LogP contribution in [-0.2, 0) is 27.4 Å². The predicted molar refractivity (Wildman–Crippen MR) is 72.7 cm³/mol. The van der Waals surface area contributed by atoms with Gasteiger partial charge in [0.1, 0.15) is 0 Å². The van der Waals surface area contributed by atoms with E-state index in [1.807, 2.05) is 11.6 Å². The van der Waals surface area contributed by atoms with Crippen molar-refractivity contribution < 1.29 is 14.2 Å². The molecular formula is C12H21BrN2O3. The number of nitrogens with zero attached hydrogens (tertiary/aromatic N) is 2. The standard InChI is InChI=1S/C12H21BrN2O3/c1-4-15-11(12(13)10(2)14-15)9-18-8-7-17-6-5-16-3/h4-9H2,1-3H3. The van der Waals surface area contributed by atoms with Crippen LogP contribution in [0.1, 0.15) is 18.3 Å². The molecule has 0 N–H and O–H groups in total. The van der Waals surface area contributed by atoms with Gasteiger partial charge in [0.05, 0.1) is 48.9 Å². The zero-order chi connectivity index (χ0) is 13.4. The monoisotopic (exact) mass is 320 g/mol. The molecule has 1 aromatic heterocycles. The van der Waals surface area contributed by atoms with Gasteiger partial charge in [0.2, 0.25) is 0 Å². The number of hydrogen-bond acceptors (Lipinski definition) is 4. The van der Waals surface area contributed by atoms with E-state index in [0.29, 0.717) is 33.0 Å². The van der Waals surface area contributed by atoms with Crippen LogP contribution in [0.3, 0.4) is 0 Å². The van der Waals surface area contributed by atoms with Crippen LogP contribution in [0.15, 0.2) is 4.47 Å². The lowest BCUT2D eigenvalue weighted by Crippen LogP contribution is -2.10. The highest BCUT2D eigenvalue weighted by Gasteiger charge is 2.11. The second-order valence-electron chi connectivity index (χ2n) is 3.82. The first-order valence-corrected chi connectivity index (χ1v) is 6.86. The smallest absolute Gasteiger partial charge is 0.0897 e. The molecule has 0 saturated heterocycles. The van der Waals surface area contributed by atoms with E-state index in [0.717, 1.165) is 22.4 Å². The summed E-state index contributed by atoms with van der Waals surface area (Å²) >= 11 is 3.53. The Morgan fingerprint density at radius 3 is 2.50 bits per heavy atom. The summed E-state index contributed by atoms with van der Waals surface area (Å²) in [4.78, 5) is 0. The van der Waals surface area contributed by atoms with Gasteiger partial charge in [-0.05, 0) is 29.8 Å². The molecule has 5 nitrogen and oxygen atoms in total. The molecule has 0 unspecified atom stereocenters. The molecule has 6 heteroatoms. The SMILES string of the molecule is CCn1nc(C)c(Br)c1COCCOCCOC. The minimum absolute atomic E-state index is 0.545. The molecule has 104 valence electrons. The Morgan fingerprint density at radius 2 is 1.83 bits per heavy atom. The third-order valence-electron chi connectivity index (χ3n) is 2.50. The van der Waals surface area contributed by atoms with Gasteiger partial charge in [-0.15, -0.1) is 0 Å².